The predicted molar refractivity (Wildman–Crippen MR) is 71.2 cm³/mol. The van der Waals surface area contributed by atoms with E-state index in [0.717, 1.165) is 6.08 Å². The lowest BCUT2D eigenvalue weighted by atomic mass is 9.95. The number of rotatable bonds is 4. The SMILES string of the molecule is C/C=C\C(=N/C(C)N1CCOCC1)C(O)(C(F)(F)F)C(F)(F)F. The highest BCUT2D eigenvalue weighted by Crippen LogP contribution is 2.44. The number of nitrogens with zero attached hydrogens (tertiary/aromatic N) is 2. The van der Waals surface area contributed by atoms with Gasteiger partial charge in [0.15, 0.2) is 0 Å². The van der Waals surface area contributed by atoms with Crippen LogP contribution in [0.1, 0.15) is 13.8 Å². The van der Waals surface area contributed by atoms with E-state index in [1.807, 2.05) is 0 Å². The van der Waals surface area contributed by atoms with E-state index in [2.05, 4.69) is 4.99 Å². The summed E-state index contributed by atoms with van der Waals surface area (Å²) >= 11 is 0. The number of allylic oxidation sites excluding steroid dienone is 1. The summed E-state index contributed by atoms with van der Waals surface area (Å²) in [4.78, 5) is 5.07. The third-order valence-corrected chi connectivity index (χ3v) is 3.42. The minimum atomic E-state index is -5.95. The van der Waals surface area contributed by atoms with E-state index in [4.69, 9.17) is 4.74 Å². The van der Waals surface area contributed by atoms with E-state index < -0.39 is 29.8 Å². The van der Waals surface area contributed by atoms with Crippen molar-refractivity contribution in [3.05, 3.63) is 12.2 Å². The van der Waals surface area contributed by atoms with Gasteiger partial charge in [0.2, 0.25) is 0 Å². The van der Waals surface area contributed by atoms with E-state index >= 15 is 0 Å². The summed E-state index contributed by atoms with van der Waals surface area (Å²) in [6.07, 6.45) is -11.4. The third kappa shape index (κ3) is 4.24. The average molecular weight is 348 g/mol. The van der Waals surface area contributed by atoms with Gasteiger partial charge in [0.25, 0.3) is 5.60 Å². The Morgan fingerprint density at radius 3 is 2.00 bits per heavy atom. The molecule has 0 aromatic carbocycles. The fourth-order valence-electron chi connectivity index (χ4n) is 2.10. The molecule has 0 spiro atoms. The Bertz CT molecular complexity index is 438. The van der Waals surface area contributed by atoms with Gasteiger partial charge in [-0.3, -0.25) is 9.89 Å². The first-order valence-electron chi connectivity index (χ1n) is 6.83. The first-order chi connectivity index (χ1) is 10.4. The summed E-state index contributed by atoms with van der Waals surface area (Å²) in [6.45, 7) is 3.86. The maximum atomic E-state index is 12.9. The Morgan fingerprint density at radius 1 is 1.13 bits per heavy atom. The molecule has 1 aliphatic heterocycles. The molecule has 0 aromatic heterocycles. The van der Waals surface area contributed by atoms with Gasteiger partial charge in [-0.15, -0.1) is 0 Å². The topological polar surface area (TPSA) is 45.1 Å². The average Bonchev–Trinajstić information content (AvgIpc) is 2.44. The number of alkyl halides is 6. The number of ether oxygens (including phenoxy) is 1. The zero-order chi connectivity index (χ0) is 17.9. The molecule has 1 N–H and O–H groups in total. The summed E-state index contributed by atoms with van der Waals surface area (Å²) < 4.78 is 82.8. The smallest absolute Gasteiger partial charge is 0.379 e. The van der Waals surface area contributed by atoms with Gasteiger partial charge in [0.05, 0.1) is 25.1 Å². The standard InChI is InChI=1S/C13H18F6N2O2/c1-3-4-10(11(22,12(14,15)16)13(17,18)19)20-9(2)21-5-7-23-8-6-21/h3-4,9,22H,5-8H2,1-2H3/b4-3-,20-10+. The molecule has 4 nitrogen and oxygen atoms in total. The van der Waals surface area contributed by atoms with Gasteiger partial charge in [0.1, 0.15) is 0 Å². The fourth-order valence-corrected chi connectivity index (χ4v) is 2.10. The molecular formula is C13H18F6N2O2. The molecule has 0 amide bonds. The van der Waals surface area contributed by atoms with Crippen LogP contribution in [0.3, 0.4) is 0 Å². The molecule has 0 bridgehead atoms. The Morgan fingerprint density at radius 2 is 1.61 bits per heavy atom. The first kappa shape index (κ1) is 19.9. The predicted octanol–water partition coefficient (Wildman–Crippen LogP) is 2.54. The molecule has 1 aliphatic rings. The second kappa shape index (κ2) is 7.18. The zero-order valence-corrected chi connectivity index (χ0v) is 12.6. The molecule has 1 saturated heterocycles. The number of hydrogen-bond donors (Lipinski definition) is 1. The van der Waals surface area contributed by atoms with Crippen molar-refractivity contribution >= 4 is 5.71 Å². The molecule has 1 fully saturated rings. The van der Waals surface area contributed by atoms with Crippen molar-refractivity contribution in [2.75, 3.05) is 26.3 Å². The van der Waals surface area contributed by atoms with Gasteiger partial charge in [-0.05, 0) is 19.9 Å². The molecule has 1 rings (SSSR count). The molecule has 23 heavy (non-hydrogen) atoms. The van der Waals surface area contributed by atoms with Crippen molar-refractivity contribution < 1.29 is 36.2 Å². The minimum Gasteiger partial charge on any atom is -0.379 e. The van der Waals surface area contributed by atoms with Crippen LogP contribution in [-0.2, 0) is 4.74 Å². The maximum absolute atomic E-state index is 12.9. The van der Waals surface area contributed by atoms with E-state index in [9.17, 15) is 31.4 Å². The lowest BCUT2D eigenvalue weighted by Gasteiger charge is -2.35. The number of aliphatic hydroxyl groups is 1. The molecule has 0 aliphatic carbocycles. The van der Waals surface area contributed by atoms with Crippen LogP contribution in [0.2, 0.25) is 0 Å². The molecule has 1 heterocycles. The molecule has 10 heteroatoms. The second-order valence-corrected chi connectivity index (χ2v) is 5.00. The third-order valence-electron chi connectivity index (χ3n) is 3.42. The lowest BCUT2D eigenvalue weighted by Crippen LogP contribution is -2.62. The highest BCUT2D eigenvalue weighted by atomic mass is 19.4. The number of morpholine rings is 1. The van der Waals surface area contributed by atoms with Crippen molar-refractivity contribution in [2.24, 2.45) is 4.99 Å². The quantitative estimate of drug-likeness (QED) is 0.627. The highest BCUT2D eigenvalue weighted by molar-refractivity contribution is 6.03. The van der Waals surface area contributed by atoms with Crippen LogP contribution in [0, 0.1) is 0 Å². The van der Waals surface area contributed by atoms with Gasteiger partial charge in [-0.2, -0.15) is 26.3 Å². The summed E-state index contributed by atoms with van der Waals surface area (Å²) in [5.41, 5.74) is -6.51. The Hall–Kier alpha value is -1.13. The number of aliphatic imine (C=N–C) groups is 1. The summed E-state index contributed by atoms with van der Waals surface area (Å²) in [7, 11) is 0. The zero-order valence-electron chi connectivity index (χ0n) is 12.6. The van der Waals surface area contributed by atoms with Gasteiger partial charge < -0.3 is 9.84 Å². The van der Waals surface area contributed by atoms with Gasteiger partial charge >= 0.3 is 12.4 Å². The lowest BCUT2D eigenvalue weighted by molar-refractivity contribution is -0.337. The van der Waals surface area contributed by atoms with Crippen molar-refractivity contribution in [2.45, 2.75) is 38.0 Å². The first-order valence-corrected chi connectivity index (χ1v) is 6.83. The Kier molecular flexibility index (Phi) is 6.22. The molecule has 0 saturated carbocycles. The maximum Gasteiger partial charge on any atom is 0.432 e. The van der Waals surface area contributed by atoms with Crippen LogP contribution >= 0.6 is 0 Å². The van der Waals surface area contributed by atoms with Crippen LogP contribution in [-0.4, -0.2) is 66.1 Å². The molecule has 0 radical (unpaired) electrons. The van der Waals surface area contributed by atoms with Crippen LogP contribution in [0.4, 0.5) is 26.3 Å². The second-order valence-electron chi connectivity index (χ2n) is 5.00. The van der Waals surface area contributed by atoms with E-state index in [1.165, 1.54) is 13.8 Å². The Labute approximate surface area is 129 Å². The summed E-state index contributed by atoms with van der Waals surface area (Å²) in [6, 6.07) is 0. The number of hydrogen-bond acceptors (Lipinski definition) is 4. The minimum absolute atomic E-state index is 0.307. The van der Waals surface area contributed by atoms with Gasteiger partial charge in [-0.1, -0.05) is 6.08 Å². The molecule has 1 atom stereocenters. The van der Waals surface area contributed by atoms with Crippen LogP contribution in [0.5, 0.6) is 0 Å². The number of halogens is 6. The van der Waals surface area contributed by atoms with Gasteiger partial charge in [-0.25, -0.2) is 0 Å². The monoisotopic (exact) mass is 348 g/mol. The van der Waals surface area contributed by atoms with E-state index in [1.54, 1.807) is 4.90 Å². The fraction of sp³-hybridized carbons (Fsp3) is 0.769. The highest BCUT2D eigenvalue weighted by Gasteiger charge is 2.73. The molecule has 134 valence electrons. The summed E-state index contributed by atoms with van der Waals surface area (Å²) in [5, 5.41) is 9.45. The van der Waals surface area contributed by atoms with Crippen LogP contribution in [0.15, 0.2) is 17.1 Å². The van der Waals surface area contributed by atoms with Crippen LogP contribution in [0.25, 0.3) is 0 Å². The normalized spacial score (nSPS) is 21.0. The Balaban J connectivity index is 3.28. The van der Waals surface area contributed by atoms with E-state index in [-0.39, 0.29) is 0 Å². The van der Waals surface area contributed by atoms with Crippen molar-refractivity contribution in [1.29, 1.82) is 0 Å². The van der Waals surface area contributed by atoms with Crippen molar-refractivity contribution in [3.63, 3.8) is 0 Å². The molecule has 0 aromatic rings. The summed E-state index contributed by atoms with van der Waals surface area (Å²) in [5.74, 6) is 0. The largest absolute Gasteiger partial charge is 0.432 e. The molecular weight excluding hydrogens is 330 g/mol. The molecule has 1 unspecified atom stereocenters. The van der Waals surface area contributed by atoms with E-state index in [0.29, 0.717) is 32.4 Å². The van der Waals surface area contributed by atoms with Gasteiger partial charge in [0, 0.05) is 13.1 Å². The van der Waals surface area contributed by atoms with Crippen molar-refractivity contribution in [3.8, 4) is 0 Å². The van der Waals surface area contributed by atoms with Crippen LogP contribution < -0.4 is 0 Å². The van der Waals surface area contributed by atoms with Crippen molar-refractivity contribution in [1.82, 2.24) is 4.90 Å².